The highest BCUT2D eigenvalue weighted by Crippen LogP contribution is 2.19. The number of carboxylic acid groups (broad SMARTS) is 1. The van der Waals surface area contributed by atoms with Crippen LogP contribution in [0.25, 0.3) is 0 Å². The van der Waals surface area contributed by atoms with Gasteiger partial charge in [-0.3, -0.25) is 4.79 Å². The number of likely N-dealkylation sites (tertiary alicyclic amines) is 1. The molecule has 3 N–H and O–H groups in total. The van der Waals surface area contributed by atoms with Gasteiger partial charge < -0.3 is 15.3 Å². The number of rotatable bonds is 6. The lowest BCUT2D eigenvalue weighted by Crippen LogP contribution is -2.47. The lowest BCUT2D eigenvalue weighted by atomic mass is 9.95. The summed E-state index contributed by atoms with van der Waals surface area (Å²) < 4.78 is 23.9. The molecule has 0 bridgehead atoms. The molecule has 0 radical (unpaired) electrons. The van der Waals surface area contributed by atoms with Crippen LogP contribution >= 0.6 is 0 Å². The molecule has 1 heterocycles. The first-order valence-electron chi connectivity index (χ1n) is 6.47. The van der Waals surface area contributed by atoms with Crippen molar-refractivity contribution in [2.75, 3.05) is 32.4 Å². The quantitative estimate of drug-likeness (QED) is 0.568. The van der Waals surface area contributed by atoms with Gasteiger partial charge in [-0.25, -0.2) is 17.9 Å². The van der Waals surface area contributed by atoms with Gasteiger partial charge in [-0.2, -0.15) is 0 Å². The van der Waals surface area contributed by atoms with Gasteiger partial charge in [-0.15, -0.1) is 0 Å². The molecule has 0 aromatic heterocycles. The molecule has 1 atom stereocenters. The Balaban J connectivity index is 2.30. The van der Waals surface area contributed by atoms with E-state index < -0.39 is 16.0 Å². The van der Waals surface area contributed by atoms with Crippen LogP contribution in [0.3, 0.4) is 0 Å². The second kappa shape index (κ2) is 7.44. The molecular weight excluding hydrogens is 286 g/mol. The summed E-state index contributed by atoms with van der Waals surface area (Å²) in [5.74, 6) is -0.865. The third-order valence-corrected chi connectivity index (χ3v) is 3.76. The van der Waals surface area contributed by atoms with E-state index in [2.05, 4.69) is 10.0 Å². The van der Waals surface area contributed by atoms with Gasteiger partial charge in [-0.05, 0) is 18.8 Å². The largest absolute Gasteiger partial charge is 0.481 e. The van der Waals surface area contributed by atoms with Crippen molar-refractivity contribution in [1.29, 1.82) is 0 Å². The maximum Gasteiger partial charge on any atom is 0.317 e. The fraction of sp³-hybridized carbons (Fsp3) is 0.818. The van der Waals surface area contributed by atoms with E-state index in [4.69, 9.17) is 5.11 Å². The minimum Gasteiger partial charge on any atom is -0.481 e. The van der Waals surface area contributed by atoms with Gasteiger partial charge in [0.15, 0.2) is 0 Å². The van der Waals surface area contributed by atoms with E-state index >= 15 is 0 Å². The first kappa shape index (κ1) is 16.7. The molecule has 9 heteroatoms. The van der Waals surface area contributed by atoms with Crippen LogP contribution in [0.4, 0.5) is 4.79 Å². The van der Waals surface area contributed by atoms with Crippen molar-refractivity contribution in [2.45, 2.75) is 19.3 Å². The molecule has 1 unspecified atom stereocenters. The molecule has 20 heavy (non-hydrogen) atoms. The number of aliphatic carboxylic acids is 1. The first-order chi connectivity index (χ1) is 9.28. The van der Waals surface area contributed by atoms with Crippen LogP contribution in [0.2, 0.25) is 0 Å². The van der Waals surface area contributed by atoms with E-state index in [0.29, 0.717) is 13.1 Å². The van der Waals surface area contributed by atoms with Crippen LogP contribution in [0.5, 0.6) is 0 Å². The molecule has 0 spiro atoms. The van der Waals surface area contributed by atoms with Gasteiger partial charge >= 0.3 is 12.0 Å². The molecule has 0 aromatic rings. The van der Waals surface area contributed by atoms with E-state index in [1.54, 1.807) is 4.90 Å². The van der Waals surface area contributed by atoms with E-state index in [9.17, 15) is 18.0 Å². The minimum atomic E-state index is -3.25. The molecule has 2 amide bonds. The molecule has 0 aromatic carbocycles. The van der Waals surface area contributed by atoms with E-state index in [1.807, 2.05) is 0 Å². The summed E-state index contributed by atoms with van der Waals surface area (Å²) in [5.41, 5.74) is 0. The Kier molecular flexibility index (Phi) is 6.21. The third kappa shape index (κ3) is 6.71. The smallest absolute Gasteiger partial charge is 0.317 e. The van der Waals surface area contributed by atoms with Crippen LogP contribution in [-0.2, 0) is 14.8 Å². The Morgan fingerprint density at radius 1 is 1.35 bits per heavy atom. The van der Waals surface area contributed by atoms with E-state index in [-0.39, 0.29) is 31.5 Å². The molecule has 1 aliphatic heterocycles. The number of carbonyl (C=O) groups is 2. The number of amides is 2. The number of nitrogens with zero attached hydrogens (tertiary/aromatic N) is 1. The molecule has 0 saturated carbocycles. The van der Waals surface area contributed by atoms with Crippen molar-refractivity contribution in [2.24, 2.45) is 5.92 Å². The van der Waals surface area contributed by atoms with Gasteiger partial charge in [0, 0.05) is 32.6 Å². The van der Waals surface area contributed by atoms with E-state index in [0.717, 1.165) is 19.1 Å². The van der Waals surface area contributed by atoms with Crippen molar-refractivity contribution in [1.82, 2.24) is 14.9 Å². The number of hydrogen-bond donors (Lipinski definition) is 3. The summed E-state index contributed by atoms with van der Waals surface area (Å²) >= 11 is 0. The molecule has 1 fully saturated rings. The predicted molar refractivity (Wildman–Crippen MR) is 72.8 cm³/mol. The number of hydrogen-bond acceptors (Lipinski definition) is 4. The van der Waals surface area contributed by atoms with Crippen LogP contribution in [0, 0.1) is 5.92 Å². The maximum atomic E-state index is 11.8. The lowest BCUT2D eigenvalue weighted by Gasteiger charge is -2.32. The van der Waals surface area contributed by atoms with Gasteiger partial charge in [0.25, 0.3) is 0 Å². The summed E-state index contributed by atoms with van der Waals surface area (Å²) in [6.07, 6.45) is 2.72. The van der Waals surface area contributed by atoms with Crippen LogP contribution in [0.1, 0.15) is 19.3 Å². The van der Waals surface area contributed by atoms with Crippen LogP contribution in [-0.4, -0.2) is 62.9 Å². The topological polar surface area (TPSA) is 116 Å². The first-order valence-corrected chi connectivity index (χ1v) is 8.36. The Hall–Kier alpha value is -1.35. The van der Waals surface area contributed by atoms with Gasteiger partial charge in [0.2, 0.25) is 10.0 Å². The standard InChI is InChI=1S/C11H21N3O5S/c1-20(18,19)13-5-4-12-11(17)14-6-2-3-9(8-14)7-10(15)16/h9,13H,2-8H2,1H3,(H,12,17)(H,15,16). The molecule has 0 aliphatic carbocycles. The Morgan fingerprint density at radius 3 is 2.65 bits per heavy atom. The van der Waals surface area contributed by atoms with Crippen LogP contribution in [0.15, 0.2) is 0 Å². The number of urea groups is 1. The van der Waals surface area contributed by atoms with Gasteiger partial charge in [0.05, 0.1) is 6.26 Å². The van der Waals surface area contributed by atoms with Crippen molar-refractivity contribution in [3.63, 3.8) is 0 Å². The summed E-state index contributed by atoms with van der Waals surface area (Å²) in [4.78, 5) is 24.1. The Labute approximate surface area is 118 Å². The van der Waals surface area contributed by atoms with Crippen molar-refractivity contribution < 1.29 is 23.1 Å². The second-order valence-electron chi connectivity index (χ2n) is 4.95. The molecule has 1 rings (SSSR count). The number of carboxylic acids is 1. The zero-order valence-corrected chi connectivity index (χ0v) is 12.3. The number of piperidine rings is 1. The molecule has 1 saturated heterocycles. The van der Waals surface area contributed by atoms with Crippen molar-refractivity contribution in [3.8, 4) is 0 Å². The SMILES string of the molecule is CS(=O)(=O)NCCNC(=O)N1CCCC(CC(=O)O)C1. The predicted octanol–water partition coefficient (Wildman–Crippen LogP) is -0.568. The highest BCUT2D eigenvalue weighted by atomic mass is 32.2. The summed E-state index contributed by atoms with van der Waals surface area (Å²) in [6.45, 7) is 1.36. The normalized spacial score (nSPS) is 19.6. The minimum absolute atomic E-state index is 0.0128. The lowest BCUT2D eigenvalue weighted by molar-refractivity contribution is -0.138. The summed E-state index contributed by atoms with van der Waals surface area (Å²) in [6, 6.07) is -0.282. The molecule has 116 valence electrons. The fourth-order valence-electron chi connectivity index (χ4n) is 2.18. The zero-order valence-electron chi connectivity index (χ0n) is 11.5. The van der Waals surface area contributed by atoms with Gasteiger partial charge in [-0.1, -0.05) is 0 Å². The average Bonchev–Trinajstić information content (AvgIpc) is 2.32. The van der Waals surface area contributed by atoms with E-state index in [1.165, 1.54) is 0 Å². The van der Waals surface area contributed by atoms with Crippen molar-refractivity contribution >= 4 is 22.0 Å². The zero-order chi connectivity index (χ0) is 15.2. The summed E-state index contributed by atoms with van der Waals surface area (Å²) in [5, 5.41) is 11.4. The average molecular weight is 307 g/mol. The maximum absolute atomic E-state index is 11.8. The highest BCUT2D eigenvalue weighted by molar-refractivity contribution is 7.88. The number of sulfonamides is 1. The number of carbonyl (C=O) groups excluding carboxylic acids is 1. The molecule has 8 nitrogen and oxygen atoms in total. The van der Waals surface area contributed by atoms with Crippen molar-refractivity contribution in [3.05, 3.63) is 0 Å². The molecule has 1 aliphatic rings. The number of nitrogens with one attached hydrogen (secondary N) is 2. The highest BCUT2D eigenvalue weighted by Gasteiger charge is 2.24. The van der Waals surface area contributed by atoms with Crippen LogP contribution < -0.4 is 10.0 Å². The fourth-order valence-corrected chi connectivity index (χ4v) is 2.65. The third-order valence-electron chi connectivity index (χ3n) is 3.03. The summed E-state index contributed by atoms with van der Waals surface area (Å²) in [7, 11) is -3.25. The second-order valence-corrected chi connectivity index (χ2v) is 6.78. The Bertz CT molecular complexity index is 451. The molecular formula is C11H21N3O5S. The Morgan fingerprint density at radius 2 is 2.05 bits per heavy atom. The monoisotopic (exact) mass is 307 g/mol. The van der Waals surface area contributed by atoms with Gasteiger partial charge in [0.1, 0.15) is 0 Å².